The summed E-state index contributed by atoms with van der Waals surface area (Å²) in [7, 11) is 0. The first-order chi connectivity index (χ1) is 9.60. The molecule has 2 fully saturated rings. The number of nitrogens with one attached hydrogen (secondary N) is 1. The van der Waals surface area contributed by atoms with Crippen molar-refractivity contribution < 1.29 is 14.7 Å². The van der Waals surface area contributed by atoms with Crippen molar-refractivity contribution in [1.29, 1.82) is 0 Å². The normalized spacial score (nSPS) is 21.4. The van der Waals surface area contributed by atoms with Gasteiger partial charge in [-0.2, -0.15) is 0 Å². The van der Waals surface area contributed by atoms with Crippen LogP contribution in [0.3, 0.4) is 0 Å². The van der Waals surface area contributed by atoms with Gasteiger partial charge in [-0.1, -0.05) is 0 Å². The van der Waals surface area contributed by atoms with Crippen LogP contribution >= 0.6 is 0 Å². The Hall–Kier alpha value is -1.88. The number of carboxylic acid groups (broad SMARTS) is 1. The molecule has 2 aliphatic heterocycles. The van der Waals surface area contributed by atoms with Crippen molar-refractivity contribution in [3.63, 3.8) is 0 Å². The minimum atomic E-state index is -0.945. The minimum absolute atomic E-state index is 0.105. The summed E-state index contributed by atoms with van der Waals surface area (Å²) in [5.74, 6) is -0.797. The Balaban J connectivity index is 1.80. The van der Waals surface area contributed by atoms with Gasteiger partial charge in [-0.15, -0.1) is 0 Å². The molecule has 0 unspecified atom stereocenters. The third kappa shape index (κ3) is 2.29. The third-order valence-electron chi connectivity index (χ3n) is 4.41. The molecule has 5 nitrogen and oxygen atoms in total. The first-order valence-corrected chi connectivity index (χ1v) is 6.94. The van der Waals surface area contributed by atoms with Crippen molar-refractivity contribution in [2.24, 2.45) is 5.41 Å². The fourth-order valence-electron chi connectivity index (χ4n) is 3.21. The van der Waals surface area contributed by atoms with E-state index in [4.69, 9.17) is 5.11 Å². The molecular formula is C15H18N2O3. The Bertz CT molecular complexity index is 533. The molecule has 1 aromatic carbocycles. The van der Waals surface area contributed by atoms with Crippen molar-refractivity contribution in [1.82, 2.24) is 5.32 Å². The quantitative estimate of drug-likeness (QED) is 0.857. The van der Waals surface area contributed by atoms with E-state index in [1.807, 2.05) is 0 Å². The van der Waals surface area contributed by atoms with Crippen LogP contribution in [0.15, 0.2) is 24.3 Å². The van der Waals surface area contributed by atoms with Gasteiger partial charge in [0.15, 0.2) is 0 Å². The zero-order chi connectivity index (χ0) is 14.2. The van der Waals surface area contributed by atoms with Gasteiger partial charge in [0.25, 0.3) is 0 Å². The molecule has 0 aromatic heterocycles. The smallest absolute Gasteiger partial charge is 0.335 e. The standard InChI is InChI=1S/C15H18N2O3/c18-13-9-15(5-7-16-8-6-15)10-17(13)12-3-1-11(2-4-12)14(19)20/h1-4,16H,5-10H2,(H,19,20). The molecule has 0 atom stereocenters. The second-order valence-electron chi connectivity index (χ2n) is 5.76. The van der Waals surface area contributed by atoms with Gasteiger partial charge in [0, 0.05) is 18.7 Å². The van der Waals surface area contributed by atoms with Gasteiger partial charge in [-0.25, -0.2) is 4.79 Å². The molecule has 1 aromatic rings. The number of hydrogen-bond acceptors (Lipinski definition) is 3. The van der Waals surface area contributed by atoms with E-state index in [2.05, 4.69) is 5.32 Å². The predicted octanol–water partition coefficient (Wildman–Crippen LogP) is 1.49. The van der Waals surface area contributed by atoms with E-state index in [0.717, 1.165) is 38.2 Å². The Morgan fingerprint density at radius 3 is 2.45 bits per heavy atom. The van der Waals surface area contributed by atoms with Gasteiger partial charge >= 0.3 is 5.97 Å². The highest BCUT2D eigenvalue weighted by atomic mass is 16.4. The van der Waals surface area contributed by atoms with Gasteiger partial charge in [-0.05, 0) is 55.6 Å². The number of amides is 1. The van der Waals surface area contributed by atoms with Crippen LogP contribution in [0.25, 0.3) is 0 Å². The number of aromatic carboxylic acids is 1. The molecule has 2 saturated heterocycles. The highest BCUT2D eigenvalue weighted by Crippen LogP contribution is 2.41. The van der Waals surface area contributed by atoms with Gasteiger partial charge in [0.1, 0.15) is 0 Å². The number of hydrogen-bond donors (Lipinski definition) is 2. The molecule has 5 heteroatoms. The van der Waals surface area contributed by atoms with E-state index in [0.29, 0.717) is 6.42 Å². The molecule has 2 heterocycles. The zero-order valence-electron chi connectivity index (χ0n) is 11.3. The lowest BCUT2D eigenvalue weighted by Gasteiger charge is -2.33. The van der Waals surface area contributed by atoms with E-state index in [-0.39, 0.29) is 16.9 Å². The van der Waals surface area contributed by atoms with Gasteiger partial charge in [0.05, 0.1) is 5.56 Å². The van der Waals surface area contributed by atoms with Gasteiger partial charge < -0.3 is 15.3 Å². The molecule has 0 saturated carbocycles. The lowest BCUT2D eigenvalue weighted by molar-refractivity contribution is -0.117. The number of piperidine rings is 1. The summed E-state index contributed by atoms with van der Waals surface area (Å²) < 4.78 is 0. The minimum Gasteiger partial charge on any atom is -0.478 e. The summed E-state index contributed by atoms with van der Waals surface area (Å²) in [6.45, 7) is 2.69. The van der Waals surface area contributed by atoms with Crippen molar-refractivity contribution >= 4 is 17.6 Å². The van der Waals surface area contributed by atoms with E-state index < -0.39 is 5.97 Å². The van der Waals surface area contributed by atoms with E-state index >= 15 is 0 Å². The molecular weight excluding hydrogens is 256 g/mol. The monoisotopic (exact) mass is 274 g/mol. The van der Waals surface area contributed by atoms with Crippen LogP contribution in [0.1, 0.15) is 29.6 Å². The van der Waals surface area contributed by atoms with Gasteiger partial charge in [-0.3, -0.25) is 4.79 Å². The Labute approximate surface area is 117 Å². The first-order valence-electron chi connectivity index (χ1n) is 6.94. The fraction of sp³-hybridized carbons (Fsp3) is 0.467. The number of anilines is 1. The molecule has 2 aliphatic rings. The summed E-state index contributed by atoms with van der Waals surface area (Å²) in [6.07, 6.45) is 2.67. The van der Waals surface area contributed by atoms with Crippen LogP contribution in [-0.4, -0.2) is 36.6 Å². The van der Waals surface area contributed by atoms with Crippen molar-refractivity contribution in [3.8, 4) is 0 Å². The van der Waals surface area contributed by atoms with Crippen LogP contribution in [0.5, 0.6) is 0 Å². The number of nitrogens with zero attached hydrogens (tertiary/aromatic N) is 1. The second-order valence-corrected chi connectivity index (χ2v) is 5.76. The second kappa shape index (κ2) is 4.90. The predicted molar refractivity (Wildman–Crippen MR) is 74.9 cm³/mol. The lowest BCUT2D eigenvalue weighted by Crippen LogP contribution is -2.38. The largest absolute Gasteiger partial charge is 0.478 e. The lowest BCUT2D eigenvalue weighted by atomic mass is 9.78. The molecule has 106 valence electrons. The fourth-order valence-corrected chi connectivity index (χ4v) is 3.21. The Kier molecular flexibility index (Phi) is 3.22. The summed E-state index contributed by atoms with van der Waals surface area (Å²) in [5, 5.41) is 12.2. The maximum absolute atomic E-state index is 12.3. The van der Waals surface area contributed by atoms with Crippen LogP contribution in [0.2, 0.25) is 0 Å². The van der Waals surface area contributed by atoms with Crippen LogP contribution in [0.4, 0.5) is 5.69 Å². The van der Waals surface area contributed by atoms with Crippen LogP contribution in [-0.2, 0) is 4.79 Å². The molecule has 1 amide bonds. The maximum atomic E-state index is 12.3. The number of carbonyl (C=O) groups is 2. The van der Waals surface area contributed by atoms with Crippen molar-refractivity contribution in [2.45, 2.75) is 19.3 Å². The summed E-state index contributed by atoms with van der Waals surface area (Å²) in [6, 6.07) is 6.56. The maximum Gasteiger partial charge on any atom is 0.335 e. The molecule has 0 aliphatic carbocycles. The molecule has 1 spiro atoms. The number of carbonyl (C=O) groups excluding carboxylic acids is 1. The molecule has 3 rings (SSSR count). The SMILES string of the molecule is O=C(O)c1ccc(N2CC3(CCNCC3)CC2=O)cc1. The number of rotatable bonds is 2. The molecule has 0 bridgehead atoms. The summed E-state index contributed by atoms with van der Waals surface area (Å²) >= 11 is 0. The van der Waals surface area contributed by atoms with Crippen LogP contribution in [0, 0.1) is 5.41 Å². The van der Waals surface area contributed by atoms with Crippen LogP contribution < -0.4 is 10.2 Å². The third-order valence-corrected chi connectivity index (χ3v) is 4.41. The Morgan fingerprint density at radius 2 is 1.85 bits per heavy atom. The number of benzene rings is 1. The zero-order valence-corrected chi connectivity index (χ0v) is 11.3. The molecule has 20 heavy (non-hydrogen) atoms. The van der Waals surface area contributed by atoms with E-state index in [1.54, 1.807) is 29.2 Å². The van der Waals surface area contributed by atoms with Crippen molar-refractivity contribution in [3.05, 3.63) is 29.8 Å². The number of carboxylic acids is 1. The molecule has 0 radical (unpaired) electrons. The first kappa shape index (κ1) is 13.1. The average molecular weight is 274 g/mol. The van der Waals surface area contributed by atoms with E-state index in [1.165, 1.54) is 0 Å². The summed E-state index contributed by atoms with van der Waals surface area (Å²) in [5.41, 5.74) is 1.15. The highest BCUT2D eigenvalue weighted by molar-refractivity contribution is 5.97. The van der Waals surface area contributed by atoms with Gasteiger partial charge in [0.2, 0.25) is 5.91 Å². The highest BCUT2D eigenvalue weighted by Gasteiger charge is 2.43. The van der Waals surface area contributed by atoms with Crippen molar-refractivity contribution in [2.75, 3.05) is 24.5 Å². The molecule has 2 N–H and O–H groups in total. The van der Waals surface area contributed by atoms with E-state index in [9.17, 15) is 9.59 Å². The average Bonchev–Trinajstić information content (AvgIpc) is 2.76. The topological polar surface area (TPSA) is 69.6 Å². The Morgan fingerprint density at radius 1 is 1.20 bits per heavy atom. The summed E-state index contributed by atoms with van der Waals surface area (Å²) in [4.78, 5) is 24.9.